The number of fused-ring (bicyclic) bond motifs is 1. The molecule has 1 aromatic heterocycles. The molecule has 0 aliphatic carbocycles. The fourth-order valence-corrected chi connectivity index (χ4v) is 2.71. The average molecular weight is 369 g/mol. The van der Waals surface area contributed by atoms with Crippen LogP contribution in [0.5, 0.6) is 5.75 Å². The van der Waals surface area contributed by atoms with Crippen LogP contribution in [-0.4, -0.2) is 28.7 Å². The van der Waals surface area contributed by atoms with Gasteiger partial charge in [-0.1, -0.05) is 18.2 Å². The Morgan fingerprint density at radius 1 is 1.15 bits per heavy atom. The molecule has 1 aliphatic heterocycles. The second kappa shape index (κ2) is 7.26. The predicted molar refractivity (Wildman–Crippen MR) is 102 cm³/mol. The van der Waals surface area contributed by atoms with Crippen molar-refractivity contribution >= 4 is 23.5 Å². The molecule has 2 aromatic rings. The molecule has 2 heterocycles. The first-order chi connectivity index (χ1) is 12.7. The van der Waals surface area contributed by atoms with Gasteiger partial charge < -0.3 is 14.8 Å². The van der Waals surface area contributed by atoms with E-state index in [2.05, 4.69) is 15.6 Å². The quantitative estimate of drug-likeness (QED) is 0.861. The molecule has 0 radical (unpaired) electrons. The molecule has 2 N–H and O–H groups in total. The maximum absolute atomic E-state index is 12.5. The Bertz CT molecular complexity index is 849. The van der Waals surface area contributed by atoms with Crippen LogP contribution >= 0.6 is 0 Å². The molecule has 0 fully saturated rings. The van der Waals surface area contributed by atoms with Crippen LogP contribution in [0, 0.1) is 6.92 Å². The van der Waals surface area contributed by atoms with Crippen molar-refractivity contribution in [3.05, 3.63) is 47.7 Å². The van der Waals surface area contributed by atoms with Crippen molar-refractivity contribution < 1.29 is 19.1 Å². The third-order valence-electron chi connectivity index (χ3n) is 3.91. The number of carbonyl (C=O) groups is 2. The molecule has 27 heavy (non-hydrogen) atoms. The summed E-state index contributed by atoms with van der Waals surface area (Å²) in [7, 11) is 0. The SMILES string of the molecule is Cc1nc(NC(=O)OC(C)(C)C)ccc1NC(=O)C1Cc2ccccc2O1. The monoisotopic (exact) mass is 369 g/mol. The summed E-state index contributed by atoms with van der Waals surface area (Å²) in [4.78, 5) is 28.6. The highest BCUT2D eigenvalue weighted by Crippen LogP contribution is 2.29. The molecule has 1 aromatic carbocycles. The molecular weight excluding hydrogens is 346 g/mol. The lowest BCUT2D eigenvalue weighted by molar-refractivity contribution is -0.122. The van der Waals surface area contributed by atoms with Gasteiger partial charge in [-0.15, -0.1) is 0 Å². The number of aryl methyl sites for hydroxylation is 1. The van der Waals surface area contributed by atoms with Crippen LogP contribution in [0.15, 0.2) is 36.4 Å². The fraction of sp³-hybridized carbons (Fsp3) is 0.350. The number of carbonyl (C=O) groups excluding carboxylic acids is 2. The molecule has 7 nitrogen and oxygen atoms in total. The van der Waals surface area contributed by atoms with Gasteiger partial charge in [0.15, 0.2) is 6.10 Å². The molecule has 1 unspecified atom stereocenters. The Hall–Kier alpha value is -3.09. The van der Waals surface area contributed by atoms with E-state index in [9.17, 15) is 9.59 Å². The summed E-state index contributed by atoms with van der Waals surface area (Å²) in [5.41, 5.74) is 1.57. The Balaban J connectivity index is 1.61. The van der Waals surface area contributed by atoms with Gasteiger partial charge in [-0.25, -0.2) is 9.78 Å². The number of benzene rings is 1. The zero-order valence-corrected chi connectivity index (χ0v) is 15.8. The number of hydrogen-bond acceptors (Lipinski definition) is 5. The van der Waals surface area contributed by atoms with E-state index in [1.807, 2.05) is 24.3 Å². The van der Waals surface area contributed by atoms with Gasteiger partial charge in [0, 0.05) is 6.42 Å². The first kappa shape index (κ1) is 18.7. The van der Waals surface area contributed by atoms with Gasteiger partial charge in [0.25, 0.3) is 5.91 Å². The summed E-state index contributed by atoms with van der Waals surface area (Å²) in [5.74, 6) is 0.859. The van der Waals surface area contributed by atoms with Crippen molar-refractivity contribution in [1.82, 2.24) is 4.98 Å². The van der Waals surface area contributed by atoms with Crippen molar-refractivity contribution in [2.45, 2.75) is 45.8 Å². The summed E-state index contributed by atoms with van der Waals surface area (Å²) in [5, 5.41) is 5.41. The van der Waals surface area contributed by atoms with E-state index in [1.54, 1.807) is 39.8 Å². The molecule has 0 spiro atoms. The van der Waals surface area contributed by atoms with Crippen LogP contribution in [-0.2, 0) is 16.0 Å². The number of nitrogens with zero attached hydrogens (tertiary/aromatic N) is 1. The molecule has 142 valence electrons. The number of aromatic nitrogens is 1. The van der Waals surface area contributed by atoms with Crippen LogP contribution in [0.2, 0.25) is 0 Å². The van der Waals surface area contributed by atoms with Gasteiger partial charge in [0.05, 0.1) is 11.4 Å². The van der Waals surface area contributed by atoms with Gasteiger partial charge in [0.2, 0.25) is 0 Å². The molecule has 1 aliphatic rings. The Labute approximate surface area is 158 Å². The van der Waals surface area contributed by atoms with Crippen molar-refractivity contribution in [2.75, 3.05) is 10.6 Å². The maximum Gasteiger partial charge on any atom is 0.413 e. The smallest absolute Gasteiger partial charge is 0.413 e. The van der Waals surface area contributed by atoms with E-state index in [0.717, 1.165) is 11.3 Å². The molecule has 3 rings (SSSR count). The molecule has 0 saturated heterocycles. The number of rotatable bonds is 3. The van der Waals surface area contributed by atoms with Crippen LogP contribution in [0.25, 0.3) is 0 Å². The lowest BCUT2D eigenvalue weighted by Crippen LogP contribution is -2.31. The highest BCUT2D eigenvalue weighted by molar-refractivity contribution is 5.95. The van der Waals surface area contributed by atoms with Gasteiger partial charge >= 0.3 is 6.09 Å². The van der Waals surface area contributed by atoms with Crippen molar-refractivity contribution in [3.63, 3.8) is 0 Å². The van der Waals surface area contributed by atoms with Crippen LogP contribution in [0.1, 0.15) is 32.0 Å². The number of nitrogens with one attached hydrogen (secondary N) is 2. The standard InChI is InChI=1S/C20H23N3O4/c1-12-14(9-10-17(21-12)23-19(25)27-20(2,3)4)22-18(24)16-11-13-7-5-6-8-15(13)26-16/h5-10,16H,11H2,1-4H3,(H,22,24)(H,21,23,25). The minimum atomic E-state index is -0.591. The van der Waals surface area contributed by atoms with Gasteiger partial charge in [-0.2, -0.15) is 0 Å². The third-order valence-corrected chi connectivity index (χ3v) is 3.91. The van der Waals surface area contributed by atoms with Crippen LogP contribution < -0.4 is 15.4 Å². The minimum absolute atomic E-state index is 0.232. The fourth-order valence-electron chi connectivity index (χ4n) is 2.71. The van der Waals surface area contributed by atoms with Crippen molar-refractivity contribution in [3.8, 4) is 5.75 Å². The van der Waals surface area contributed by atoms with Gasteiger partial charge in [-0.05, 0) is 51.5 Å². The summed E-state index contributed by atoms with van der Waals surface area (Å²) in [6.45, 7) is 7.11. The Kier molecular flexibility index (Phi) is 5.03. The normalized spacial score (nSPS) is 15.5. The minimum Gasteiger partial charge on any atom is -0.480 e. The van der Waals surface area contributed by atoms with E-state index >= 15 is 0 Å². The molecule has 1 atom stereocenters. The zero-order valence-electron chi connectivity index (χ0n) is 15.8. The molecule has 0 saturated carbocycles. The summed E-state index contributed by atoms with van der Waals surface area (Å²) < 4.78 is 10.9. The summed E-state index contributed by atoms with van der Waals surface area (Å²) in [6, 6.07) is 10.9. The average Bonchev–Trinajstić information content (AvgIpc) is 2.99. The van der Waals surface area contributed by atoms with E-state index in [1.165, 1.54) is 0 Å². The number of amides is 2. The lowest BCUT2D eigenvalue weighted by atomic mass is 10.1. The number of ether oxygens (including phenoxy) is 2. The first-order valence-electron chi connectivity index (χ1n) is 8.74. The predicted octanol–water partition coefficient (Wildman–Crippen LogP) is 3.68. The number of hydrogen-bond donors (Lipinski definition) is 2. The van der Waals surface area contributed by atoms with Gasteiger partial charge in [-0.3, -0.25) is 10.1 Å². The first-order valence-corrected chi connectivity index (χ1v) is 8.74. The van der Waals surface area contributed by atoms with E-state index < -0.39 is 17.8 Å². The van der Waals surface area contributed by atoms with E-state index in [4.69, 9.17) is 9.47 Å². The largest absolute Gasteiger partial charge is 0.480 e. The number of anilines is 2. The Morgan fingerprint density at radius 2 is 1.89 bits per heavy atom. The van der Waals surface area contributed by atoms with Crippen LogP contribution in [0.3, 0.4) is 0 Å². The van der Waals surface area contributed by atoms with E-state index in [-0.39, 0.29) is 5.91 Å². The van der Waals surface area contributed by atoms with Crippen molar-refractivity contribution in [1.29, 1.82) is 0 Å². The number of pyridine rings is 1. The van der Waals surface area contributed by atoms with Gasteiger partial charge in [0.1, 0.15) is 17.2 Å². The summed E-state index contributed by atoms with van der Waals surface area (Å²) in [6.07, 6.45) is -0.614. The third kappa shape index (κ3) is 4.75. The topological polar surface area (TPSA) is 89.5 Å². The second-order valence-corrected chi connectivity index (χ2v) is 7.36. The second-order valence-electron chi connectivity index (χ2n) is 7.36. The highest BCUT2D eigenvalue weighted by Gasteiger charge is 2.29. The molecule has 2 amide bonds. The molecule has 7 heteroatoms. The van der Waals surface area contributed by atoms with E-state index in [0.29, 0.717) is 23.6 Å². The highest BCUT2D eigenvalue weighted by atomic mass is 16.6. The van der Waals surface area contributed by atoms with Crippen LogP contribution in [0.4, 0.5) is 16.3 Å². The summed E-state index contributed by atoms with van der Waals surface area (Å²) >= 11 is 0. The van der Waals surface area contributed by atoms with Crippen molar-refractivity contribution in [2.24, 2.45) is 0 Å². The zero-order chi connectivity index (χ0) is 19.6. The lowest BCUT2D eigenvalue weighted by Gasteiger charge is -2.19. The Morgan fingerprint density at radius 3 is 2.56 bits per heavy atom. The maximum atomic E-state index is 12.5. The number of para-hydroxylation sites is 1. The molecule has 0 bridgehead atoms. The molecular formula is C20H23N3O4.